The highest BCUT2D eigenvalue weighted by atomic mass is 16.4. The fourth-order valence-electron chi connectivity index (χ4n) is 3.24. The van der Waals surface area contributed by atoms with Crippen molar-refractivity contribution in [1.29, 1.82) is 0 Å². The van der Waals surface area contributed by atoms with Gasteiger partial charge in [-0.05, 0) is 32.4 Å². The average Bonchev–Trinajstić information content (AvgIpc) is 3.32. The number of nitrogens with zero attached hydrogens (tertiary/aromatic N) is 2. The van der Waals surface area contributed by atoms with Gasteiger partial charge in [0.1, 0.15) is 0 Å². The van der Waals surface area contributed by atoms with Crippen molar-refractivity contribution >= 4 is 5.91 Å². The van der Waals surface area contributed by atoms with Crippen LogP contribution in [0.3, 0.4) is 0 Å². The second-order valence-electron chi connectivity index (χ2n) is 6.66. The van der Waals surface area contributed by atoms with Crippen molar-refractivity contribution in [2.24, 2.45) is 0 Å². The van der Waals surface area contributed by atoms with Crippen molar-refractivity contribution in [3.05, 3.63) is 42.4 Å². The van der Waals surface area contributed by atoms with Gasteiger partial charge in [0, 0.05) is 31.0 Å². The molecule has 2 heterocycles. The Morgan fingerprint density at radius 1 is 1.28 bits per heavy atom. The number of nitrogens with one attached hydrogen (secondary N) is 1. The number of carbonyl (C=O) groups is 1. The normalized spacial score (nSPS) is 16.0. The number of rotatable bonds is 8. The molecule has 1 aliphatic heterocycles. The Morgan fingerprint density at radius 3 is 2.76 bits per heavy atom. The second-order valence-corrected chi connectivity index (χ2v) is 6.66. The Balaban J connectivity index is 1.46. The van der Waals surface area contributed by atoms with Crippen LogP contribution in [0.4, 0.5) is 0 Å². The fraction of sp³-hybridized carbons (Fsp3) is 0.500. The van der Waals surface area contributed by atoms with Gasteiger partial charge < -0.3 is 14.6 Å². The summed E-state index contributed by atoms with van der Waals surface area (Å²) in [6.07, 6.45) is 6.17. The molecular formula is C20H27N3O2. The zero-order valence-electron chi connectivity index (χ0n) is 14.9. The number of aryl methyl sites for hydroxylation is 1. The van der Waals surface area contributed by atoms with E-state index in [1.54, 1.807) is 6.20 Å². The van der Waals surface area contributed by atoms with Gasteiger partial charge in [0.15, 0.2) is 11.7 Å². The maximum atomic E-state index is 12.2. The Bertz CT molecular complexity index is 663. The number of amides is 1. The zero-order chi connectivity index (χ0) is 17.5. The highest BCUT2D eigenvalue weighted by molar-refractivity contribution is 5.76. The third kappa shape index (κ3) is 5.16. The van der Waals surface area contributed by atoms with Gasteiger partial charge >= 0.3 is 0 Å². The van der Waals surface area contributed by atoms with E-state index in [0.717, 1.165) is 37.4 Å². The first-order valence-corrected chi connectivity index (χ1v) is 9.26. The maximum Gasteiger partial charge on any atom is 0.220 e. The van der Waals surface area contributed by atoms with E-state index < -0.39 is 0 Å². The summed E-state index contributed by atoms with van der Waals surface area (Å²) < 4.78 is 5.76. The third-order valence-corrected chi connectivity index (χ3v) is 4.71. The average molecular weight is 341 g/mol. The summed E-state index contributed by atoms with van der Waals surface area (Å²) >= 11 is 0. The molecule has 3 rings (SSSR count). The van der Waals surface area contributed by atoms with E-state index in [2.05, 4.69) is 22.1 Å². The van der Waals surface area contributed by atoms with Crippen LogP contribution in [0.1, 0.15) is 38.5 Å². The summed E-state index contributed by atoms with van der Waals surface area (Å²) in [5.41, 5.74) is 1.00. The molecule has 134 valence electrons. The molecule has 0 bridgehead atoms. The molecule has 1 aromatic heterocycles. The first-order chi connectivity index (χ1) is 12.2. The largest absolute Gasteiger partial charge is 0.441 e. The van der Waals surface area contributed by atoms with E-state index in [4.69, 9.17) is 4.42 Å². The van der Waals surface area contributed by atoms with Gasteiger partial charge in [0.05, 0.1) is 6.20 Å². The quantitative estimate of drug-likeness (QED) is 0.801. The summed E-state index contributed by atoms with van der Waals surface area (Å²) in [6.45, 7) is 5.40. The monoisotopic (exact) mass is 341 g/mol. The van der Waals surface area contributed by atoms with Gasteiger partial charge in [0.25, 0.3) is 0 Å². The standard InChI is InChI=1S/C20H27N3O2/c1-2-17(15-23-12-6-7-13-23)22-19(24)10-11-20-21-14-18(25-20)16-8-4-3-5-9-16/h3-5,8-9,14,17H,2,6-7,10-13,15H2,1H3,(H,22,24). The molecule has 5 heteroatoms. The number of likely N-dealkylation sites (tertiary alicyclic amines) is 1. The van der Waals surface area contributed by atoms with Crippen molar-refractivity contribution in [2.45, 2.75) is 45.1 Å². The van der Waals surface area contributed by atoms with E-state index >= 15 is 0 Å². The molecule has 0 saturated carbocycles. The molecule has 1 amide bonds. The first kappa shape index (κ1) is 17.7. The molecule has 1 unspecified atom stereocenters. The predicted molar refractivity (Wildman–Crippen MR) is 98.2 cm³/mol. The van der Waals surface area contributed by atoms with Crippen LogP contribution in [0.5, 0.6) is 0 Å². The molecule has 1 aliphatic rings. The number of hydrogen-bond acceptors (Lipinski definition) is 4. The summed E-state index contributed by atoms with van der Waals surface area (Å²) in [4.78, 5) is 19.0. The Hall–Kier alpha value is -2.14. The smallest absolute Gasteiger partial charge is 0.220 e. The number of aromatic nitrogens is 1. The van der Waals surface area contributed by atoms with Gasteiger partial charge in [-0.15, -0.1) is 0 Å². The lowest BCUT2D eigenvalue weighted by molar-refractivity contribution is -0.122. The van der Waals surface area contributed by atoms with Crippen LogP contribution in [0.2, 0.25) is 0 Å². The van der Waals surface area contributed by atoms with Crippen LogP contribution in [0.15, 0.2) is 40.9 Å². The maximum absolute atomic E-state index is 12.2. The SMILES string of the molecule is CCC(CN1CCCC1)NC(=O)CCc1ncc(-c2ccccc2)o1. The fourth-order valence-corrected chi connectivity index (χ4v) is 3.24. The Labute approximate surface area is 149 Å². The molecule has 1 aromatic carbocycles. The van der Waals surface area contributed by atoms with E-state index in [0.29, 0.717) is 18.7 Å². The molecule has 25 heavy (non-hydrogen) atoms. The van der Waals surface area contributed by atoms with Crippen LogP contribution >= 0.6 is 0 Å². The summed E-state index contributed by atoms with van der Waals surface area (Å²) in [5, 5.41) is 3.15. The van der Waals surface area contributed by atoms with Gasteiger partial charge in [0.2, 0.25) is 5.91 Å². The second kappa shape index (κ2) is 8.81. The van der Waals surface area contributed by atoms with Crippen LogP contribution in [0.25, 0.3) is 11.3 Å². The zero-order valence-corrected chi connectivity index (χ0v) is 14.9. The van der Waals surface area contributed by atoms with Gasteiger partial charge in [-0.3, -0.25) is 4.79 Å². The highest BCUT2D eigenvalue weighted by Crippen LogP contribution is 2.20. The van der Waals surface area contributed by atoms with Crippen molar-refractivity contribution in [2.75, 3.05) is 19.6 Å². The highest BCUT2D eigenvalue weighted by Gasteiger charge is 2.18. The summed E-state index contributed by atoms with van der Waals surface area (Å²) in [6, 6.07) is 10.1. The minimum absolute atomic E-state index is 0.0745. The van der Waals surface area contributed by atoms with Crippen molar-refractivity contribution in [3.8, 4) is 11.3 Å². The minimum Gasteiger partial charge on any atom is -0.441 e. The van der Waals surface area contributed by atoms with Crippen LogP contribution in [-0.4, -0.2) is 41.5 Å². The molecule has 1 N–H and O–H groups in total. The molecule has 1 fully saturated rings. The number of carbonyl (C=O) groups excluding carboxylic acids is 1. The Morgan fingerprint density at radius 2 is 2.04 bits per heavy atom. The molecule has 0 spiro atoms. The topological polar surface area (TPSA) is 58.4 Å². The summed E-state index contributed by atoms with van der Waals surface area (Å²) in [7, 11) is 0. The van der Waals surface area contributed by atoms with Gasteiger partial charge in [-0.1, -0.05) is 37.3 Å². The van der Waals surface area contributed by atoms with Crippen molar-refractivity contribution in [1.82, 2.24) is 15.2 Å². The van der Waals surface area contributed by atoms with E-state index in [9.17, 15) is 4.79 Å². The van der Waals surface area contributed by atoms with Crippen LogP contribution < -0.4 is 5.32 Å². The molecular weight excluding hydrogens is 314 g/mol. The van der Waals surface area contributed by atoms with Crippen LogP contribution in [-0.2, 0) is 11.2 Å². The lowest BCUT2D eigenvalue weighted by atomic mass is 10.2. The van der Waals surface area contributed by atoms with E-state index in [1.807, 2.05) is 30.3 Å². The number of oxazole rings is 1. The third-order valence-electron chi connectivity index (χ3n) is 4.71. The van der Waals surface area contributed by atoms with Crippen molar-refractivity contribution < 1.29 is 9.21 Å². The minimum atomic E-state index is 0.0745. The van der Waals surface area contributed by atoms with E-state index in [-0.39, 0.29) is 11.9 Å². The number of benzene rings is 1. The van der Waals surface area contributed by atoms with E-state index in [1.165, 1.54) is 12.8 Å². The van der Waals surface area contributed by atoms with Gasteiger partial charge in [-0.25, -0.2) is 4.98 Å². The predicted octanol–water partition coefficient (Wildman–Crippen LogP) is 3.26. The molecule has 2 aromatic rings. The molecule has 0 radical (unpaired) electrons. The molecule has 1 atom stereocenters. The first-order valence-electron chi connectivity index (χ1n) is 9.26. The summed E-state index contributed by atoms with van der Waals surface area (Å²) in [5.74, 6) is 1.43. The molecule has 5 nitrogen and oxygen atoms in total. The Kier molecular flexibility index (Phi) is 6.23. The van der Waals surface area contributed by atoms with Crippen molar-refractivity contribution in [3.63, 3.8) is 0 Å². The lowest BCUT2D eigenvalue weighted by Crippen LogP contribution is -2.42. The lowest BCUT2D eigenvalue weighted by Gasteiger charge is -2.23. The molecule has 1 saturated heterocycles. The number of hydrogen-bond donors (Lipinski definition) is 1. The van der Waals surface area contributed by atoms with Crippen LogP contribution in [0, 0.1) is 0 Å². The molecule has 0 aliphatic carbocycles. The van der Waals surface area contributed by atoms with Gasteiger partial charge in [-0.2, -0.15) is 0 Å².